The number of nitrogens with two attached hydrogens (primary N) is 1. The van der Waals surface area contributed by atoms with Gasteiger partial charge in [-0.25, -0.2) is 4.98 Å². The van der Waals surface area contributed by atoms with Gasteiger partial charge in [-0.2, -0.15) is 0 Å². The Morgan fingerprint density at radius 1 is 1.78 bits per heavy atom. The van der Waals surface area contributed by atoms with Crippen molar-refractivity contribution in [1.29, 1.82) is 0 Å². The Morgan fingerprint density at radius 3 is 3.11 bits per heavy atom. The van der Waals surface area contributed by atoms with Gasteiger partial charge in [-0.1, -0.05) is 0 Å². The number of nitrogens with zero attached hydrogens (tertiary/aromatic N) is 1. The highest BCUT2D eigenvalue weighted by Crippen LogP contribution is 2.20. The molecule has 0 spiro atoms. The number of carbonyl (C=O) groups excluding carboxylic acids is 1. The zero-order chi connectivity index (χ0) is 13.1. The maximum absolute atomic E-state index is 11.9. The molecule has 1 saturated heterocycles. The summed E-state index contributed by atoms with van der Waals surface area (Å²) < 4.78 is 5.46. The second-order valence-corrected chi connectivity index (χ2v) is 5.58. The van der Waals surface area contributed by atoms with Crippen LogP contribution in [0.25, 0.3) is 0 Å². The van der Waals surface area contributed by atoms with Gasteiger partial charge in [0.25, 0.3) is 5.91 Å². The normalized spacial score (nSPS) is 25.1. The minimum absolute atomic E-state index is 0.125. The molecule has 3 unspecified atom stereocenters. The molecule has 1 aromatic heterocycles. The van der Waals surface area contributed by atoms with Gasteiger partial charge < -0.3 is 15.8 Å². The van der Waals surface area contributed by atoms with Crippen molar-refractivity contribution >= 4 is 17.2 Å². The number of aromatic nitrogens is 1. The predicted molar refractivity (Wildman–Crippen MR) is 70.6 cm³/mol. The lowest BCUT2D eigenvalue weighted by molar-refractivity contribution is 0.0903. The van der Waals surface area contributed by atoms with Crippen LogP contribution in [0.1, 0.15) is 41.8 Å². The third-order valence-corrected chi connectivity index (χ3v) is 4.25. The van der Waals surface area contributed by atoms with Crippen molar-refractivity contribution in [3.63, 3.8) is 0 Å². The minimum atomic E-state index is -0.128. The van der Waals surface area contributed by atoms with E-state index in [2.05, 4.69) is 10.3 Å². The zero-order valence-electron chi connectivity index (χ0n) is 10.7. The molecule has 3 atom stereocenters. The molecule has 1 fully saturated rings. The molecule has 1 aliphatic rings. The lowest BCUT2D eigenvalue weighted by atomic mass is 10.0. The van der Waals surface area contributed by atoms with Gasteiger partial charge in [-0.15, -0.1) is 11.3 Å². The van der Waals surface area contributed by atoms with E-state index < -0.39 is 0 Å². The van der Waals surface area contributed by atoms with Crippen molar-refractivity contribution in [3.05, 3.63) is 16.1 Å². The molecule has 18 heavy (non-hydrogen) atoms. The first-order valence-corrected chi connectivity index (χ1v) is 7.06. The smallest absolute Gasteiger partial charge is 0.270 e. The van der Waals surface area contributed by atoms with Gasteiger partial charge in [0.05, 0.1) is 12.1 Å². The van der Waals surface area contributed by atoms with E-state index in [-0.39, 0.29) is 18.1 Å². The van der Waals surface area contributed by atoms with Crippen molar-refractivity contribution in [3.8, 4) is 0 Å². The third-order valence-electron chi connectivity index (χ3n) is 3.20. The van der Waals surface area contributed by atoms with Gasteiger partial charge in [0.1, 0.15) is 10.7 Å². The molecule has 1 aliphatic heterocycles. The van der Waals surface area contributed by atoms with Crippen LogP contribution in [0.15, 0.2) is 5.38 Å². The van der Waals surface area contributed by atoms with E-state index in [4.69, 9.17) is 10.5 Å². The van der Waals surface area contributed by atoms with Gasteiger partial charge in [0.15, 0.2) is 0 Å². The molecule has 5 nitrogen and oxygen atoms in total. The SMILES string of the molecule is CC(N)c1nc(C(=O)NCC2CCOC2C)cs1. The first-order chi connectivity index (χ1) is 8.58. The van der Waals surface area contributed by atoms with E-state index in [1.807, 2.05) is 13.8 Å². The van der Waals surface area contributed by atoms with Crippen LogP contribution in [-0.2, 0) is 4.74 Å². The van der Waals surface area contributed by atoms with Crippen LogP contribution in [0, 0.1) is 5.92 Å². The van der Waals surface area contributed by atoms with Gasteiger partial charge >= 0.3 is 0 Å². The Balaban J connectivity index is 1.87. The van der Waals surface area contributed by atoms with Crippen molar-refractivity contribution in [1.82, 2.24) is 10.3 Å². The molecular weight excluding hydrogens is 250 g/mol. The molecule has 3 N–H and O–H groups in total. The van der Waals surface area contributed by atoms with Crippen LogP contribution in [-0.4, -0.2) is 30.1 Å². The number of amides is 1. The first-order valence-electron chi connectivity index (χ1n) is 6.18. The lowest BCUT2D eigenvalue weighted by Crippen LogP contribution is -2.32. The number of carbonyl (C=O) groups is 1. The summed E-state index contributed by atoms with van der Waals surface area (Å²) in [6.45, 7) is 5.33. The van der Waals surface area contributed by atoms with Gasteiger partial charge in [0, 0.05) is 24.4 Å². The highest BCUT2D eigenvalue weighted by molar-refractivity contribution is 7.09. The number of rotatable bonds is 4. The number of thiazole rings is 1. The topological polar surface area (TPSA) is 77.2 Å². The Morgan fingerprint density at radius 2 is 2.56 bits per heavy atom. The second kappa shape index (κ2) is 5.77. The summed E-state index contributed by atoms with van der Waals surface area (Å²) >= 11 is 1.42. The maximum Gasteiger partial charge on any atom is 0.270 e. The fourth-order valence-electron chi connectivity index (χ4n) is 1.96. The molecule has 0 bridgehead atoms. The zero-order valence-corrected chi connectivity index (χ0v) is 11.5. The number of hydrogen-bond donors (Lipinski definition) is 2. The standard InChI is InChI=1S/C12H19N3O2S/c1-7(13)12-15-10(6-18-12)11(16)14-5-9-3-4-17-8(9)2/h6-9H,3-5,13H2,1-2H3,(H,14,16). The van der Waals surface area contributed by atoms with Crippen LogP contribution in [0.5, 0.6) is 0 Å². The van der Waals surface area contributed by atoms with E-state index in [0.29, 0.717) is 18.2 Å². The summed E-state index contributed by atoms with van der Waals surface area (Å²) in [5.74, 6) is 0.276. The Bertz CT molecular complexity index is 419. The highest BCUT2D eigenvalue weighted by atomic mass is 32.1. The Hall–Kier alpha value is -0.980. The summed E-state index contributed by atoms with van der Waals surface area (Å²) in [7, 11) is 0. The monoisotopic (exact) mass is 269 g/mol. The largest absolute Gasteiger partial charge is 0.378 e. The minimum Gasteiger partial charge on any atom is -0.378 e. The van der Waals surface area contributed by atoms with E-state index in [1.54, 1.807) is 5.38 Å². The Labute approximate surface area is 111 Å². The van der Waals surface area contributed by atoms with Gasteiger partial charge in [-0.05, 0) is 20.3 Å². The van der Waals surface area contributed by atoms with Crippen molar-refractivity contribution < 1.29 is 9.53 Å². The van der Waals surface area contributed by atoms with E-state index in [9.17, 15) is 4.79 Å². The molecule has 6 heteroatoms. The molecule has 0 aromatic carbocycles. The highest BCUT2D eigenvalue weighted by Gasteiger charge is 2.24. The molecule has 100 valence electrons. The summed E-state index contributed by atoms with van der Waals surface area (Å²) in [4.78, 5) is 16.1. The van der Waals surface area contributed by atoms with Crippen LogP contribution in [0.3, 0.4) is 0 Å². The molecule has 0 radical (unpaired) electrons. The lowest BCUT2D eigenvalue weighted by Gasteiger charge is -2.13. The van der Waals surface area contributed by atoms with Gasteiger partial charge in [-0.3, -0.25) is 4.79 Å². The van der Waals surface area contributed by atoms with Crippen molar-refractivity contribution in [2.45, 2.75) is 32.4 Å². The molecule has 0 saturated carbocycles. The number of ether oxygens (including phenoxy) is 1. The average molecular weight is 269 g/mol. The van der Waals surface area contributed by atoms with Gasteiger partial charge in [0.2, 0.25) is 0 Å². The van der Waals surface area contributed by atoms with Crippen molar-refractivity contribution in [2.75, 3.05) is 13.2 Å². The van der Waals surface area contributed by atoms with Crippen LogP contribution < -0.4 is 11.1 Å². The average Bonchev–Trinajstić information content (AvgIpc) is 2.94. The maximum atomic E-state index is 11.9. The molecular formula is C12H19N3O2S. The van der Waals surface area contributed by atoms with E-state index in [1.165, 1.54) is 11.3 Å². The number of hydrogen-bond acceptors (Lipinski definition) is 5. The Kier molecular flexibility index (Phi) is 4.31. The van der Waals surface area contributed by atoms with Crippen LogP contribution >= 0.6 is 11.3 Å². The summed E-state index contributed by atoms with van der Waals surface area (Å²) in [6.07, 6.45) is 1.23. The molecule has 2 rings (SSSR count). The first kappa shape index (κ1) is 13.5. The molecule has 0 aliphatic carbocycles. The van der Waals surface area contributed by atoms with Crippen LogP contribution in [0.2, 0.25) is 0 Å². The summed E-state index contributed by atoms with van der Waals surface area (Å²) in [5.41, 5.74) is 6.18. The second-order valence-electron chi connectivity index (χ2n) is 4.69. The van der Waals surface area contributed by atoms with E-state index in [0.717, 1.165) is 18.0 Å². The third kappa shape index (κ3) is 3.07. The molecule has 2 heterocycles. The fourth-order valence-corrected chi connectivity index (χ4v) is 2.72. The number of nitrogens with one attached hydrogen (secondary N) is 1. The molecule has 1 aromatic rings. The fraction of sp³-hybridized carbons (Fsp3) is 0.667. The van der Waals surface area contributed by atoms with E-state index >= 15 is 0 Å². The molecule has 1 amide bonds. The van der Waals surface area contributed by atoms with Crippen LogP contribution in [0.4, 0.5) is 0 Å². The summed E-state index contributed by atoms with van der Waals surface area (Å²) in [5, 5.41) is 5.45. The quantitative estimate of drug-likeness (QED) is 0.864. The summed E-state index contributed by atoms with van der Waals surface area (Å²) in [6, 6.07) is -0.125. The predicted octanol–water partition coefficient (Wildman–Crippen LogP) is 1.32. The van der Waals surface area contributed by atoms with Crippen molar-refractivity contribution in [2.24, 2.45) is 11.7 Å².